The molecule has 2 aromatic heterocycles. The molecule has 15 heavy (non-hydrogen) atoms. The van der Waals surface area contributed by atoms with Gasteiger partial charge in [-0.25, -0.2) is 0 Å². The highest BCUT2D eigenvalue weighted by atomic mass is 15.3. The largest absolute Gasteiger partial charge is 0.364 e. The normalized spacial score (nSPS) is 10.6. The summed E-state index contributed by atoms with van der Waals surface area (Å²) in [7, 11) is 3.99. The Morgan fingerprint density at radius 3 is 2.73 bits per heavy atom. The fourth-order valence-corrected chi connectivity index (χ4v) is 1.66. The van der Waals surface area contributed by atoms with Crippen molar-refractivity contribution in [3.05, 3.63) is 35.8 Å². The van der Waals surface area contributed by atoms with E-state index in [-0.39, 0.29) is 0 Å². The van der Waals surface area contributed by atoms with Crippen molar-refractivity contribution in [3.8, 4) is 0 Å². The van der Waals surface area contributed by atoms with Crippen molar-refractivity contribution in [2.24, 2.45) is 14.1 Å². The summed E-state index contributed by atoms with van der Waals surface area (Å²) in [5, 5.41) is 7.57. The molecule has 0 fully saturated rings. The van der Waals surface area contributed by atoms with Crippen LogP contribution in [0, 0.1) is 6.92 Å². The van der Waals surface area contributed by atoms with E-state index in [2.05, 4.69) is 28.0 Å². The maximum atomic E-state index is 4.19. The van der Waals surface area contributed by atoms with E-state index in [1.807, 2.05) is 37.2 Å². The number of nitrogens with zero attached hydrogens (tertiary/aromatic N) is 3. The van der Waals surface area contributed by atoms with Gasteiger partial charge in [0.05, 0.1) is 12.7 Å². The Kier molecular flexibility index (Phi) is 2.49. The van der Waals surface area contributed by atoms with Gasteiger partial charge in [0.2, 0.25) is 0 Å². The summed E-state index contributed by atoms with van der Waals surface area (Å²) in [5.74, 6) is 1.08. The Balaban J connectivity index is 2.08. The van der Waals surface area contributed by atoms with Gasteiger partial charge in [0, 0.05) is 31.5 Å². The zero-order valence-electron chi connectivity index (χ0n) is 9.36. The van der Waals surface area contributed by atoms with Crippen LogP contribution in [0.5, 0.6) is 0 Å². The molecule has 0 amide bonds. The molecule has 0 atom stereocenters. The summed E-state index contributed by atoms with van der Waals surface area (Å²) in [6.07, 6.45) is 3.92. The highest BCUT2D eigenvalue weighted by Gasteiger charge is 2.04. The van der Waals surface area contributed by atoms with E-state index in [1.54, 1.807) is 0 Å². The topological polar surface area (TPSA) is 34.8 Å². The Morgan fingerprint density at radius 2 is 2.20 bits per heavy atom. The summed E-state index contributed by atoms with van der Waals surface area (Å²) < 4.78 is 3.97. The minimum Gasteiger partial charge on any atom is -0.364 e. The number of anilines is 1. The second-order valence-electron chi connectivity index (χ2n) is 3.76. The maximum absolute atomic E-state index is 4.19. The standard InChI is InChI=1S/C11H16N4/c1-9-7-13-15(3)11(9)12-8-10-5-4-6-14(10)2/h4-7,12H,8H2,1-3H3. The van der Waals surface area contributed by atoms with Gasteiger partial charge in [-0.15, -0.1) is 0 Å². The van der Waals surface area contributed by atoms with E-state index in [1.165, 1.54) is 11.3 Å². The minimum atomic E-state index is 0.823. The van der Waals surface area contributed by atoms with Gasteiger partial charge in [-0.2, -0.15) is 5.10 Å². The number of nitrogens with one attached hydrogen (secondary N) is 1. The van der Waals surface area contributed by atoms with Crippen LogP contribution in [0.15, 0.2) is 24.5 Å². The van der Waals surface area contributed by atoms with Crippen molar-refractivity contribution < 1.29 is 0 Å². The van der Waals surface area contributed by atoms with Crippen LogP contribution in [0.1, 0.15) is 11.3 Å². The summed E-state index contributed by atoms with van der Waals surface area (Å²) in [6.45, 7) is 2.88. The first-order chi connectivity index (χ1) is 7.18. The smallest absolute Gasteiger partial charge is 0.127 e. The Morgan fingerprint density at radius 1 is 1.40 bits per heavy atom. The predicted molar refractivity (Wildman–Crippen MR) is 60.7 cm³/mol. The van der Waals surface area contributed by atoms with Crippen LogP contribution in [0.4, 0.5) is 5.82 Å². The molecule has 0 aliphatic rings. The SMILES string of the molecule is Cc1cnn(C)c1NCc1cccn1C. The fourth-order valence-electron chi connectivity index (χ4n) is 1.66. The highest BCUT2D eigenvalue weighted by molar-refractivity contribution is 5.43. The lowest BCUT2D eigenvalue weighted by atomic mass is 10.3. The van der Waals surface area contributed by atoms with Gasteiger partial charge in [-0.1, -0.05) is 0 Å². The van der Waals surface area contributed by atoms with Crippen molar-refractivity contribution in [3.63, 3.8) is 0 Å². The number of aromatic nitrogens is 3. The lowest BCUT2D eigenvalue weighted by molar-refractivity contribution is 0.761. The monoisotopic (exact) mass is 204 g/mol. The van der Waals surface area contributed by atoms with Gasteiger partial charge in [-0.3, -0.25) is 4.68 Å². The van der Waals surface area contributed by atoms with Gasteiger partial charge in [0.15, 0.2) is 0 Å². The third kappa shape index (κ3) is 1.88. The van der Waals surface area contributed by atoms with Crippen LogP contribution < -0.4 is 5.32 Å². The summed E-state index contributed by atoms with van der Waals surface area (Å²) in [6, 6.07) is 4.16. The molecule has 0 aromatic carbocycles. The molecule has 4 heteroatoms. The molecule has 0 spiro atoms. The second kappa shape index (κ2) is 3.81. The van der Waals surface area contributed by atoms with E-state index in [4.69, 9.17) is 0 Å². The molecule has 2 rings (SSSR count). The first-order valence-corrected chi connectivity index (χ1v) is 5.01. The van der Waals surface area contributed by atoms with Gasteiger partial charge in [-0.05, 0) is 19.1 Å². The van der Waals surface area contributed by atoms with Crippen molar-refractivity contribution >= 4 is 5.82 Å². The molecule has 0 aliphatic heterocycles. The van der Waals surface area contributed by atoms with Crippen LogP contribution in [0.3, 0.4) is 0 Å². The second-order valence-corrected chi connectivity index (χ2v) is 3.76. The number of rotatable bonds is 3. The number of hydrogen-bond acceptors (Lipinski definition) is 2. The van der Waals surface area contributed by atoms with E-state index < -0.39 is 0 Å². The van der Waals surface area contributed by atoms with Crippen LogP contribution in [0.2, 0.25) is 0 Å². The van der Waals surface area contributed by atoms with E-state index in [9.17, 15) is 0 Å². The highest BCUT2D eigenvalue weighted by Crippen LogP contribution is 2.13. The minimum absolute atomic E-state index is 0.823. The molecular formula is C11H16N4. The lowest BCUT2D eigenvalue weighted by Crippen LogP contribution is -2.08. The zero-order valence-corrected chi connectivity index (χ0v) is 9.36. The summed E-state index contributed by atoms with van der Waals surface area (Å²) in [4.78, 5) is 0. The number of aryl methyl sites for hydroxylation is 3. The molecule has 1 N–H and O–H groups in total. The fraction of sp³-hybridized carbons (Fsp3) is 0.364. The first-order valence-electron chi connectivity index (χ1n) is 5.01. The molecule has 0 bridgehead atoms. The predicted octanol–water partition coefficient (Wildman–Crippen LogP) is 1.68. The molecule has 2 aromatic rings. The van der Waals surface area contributed by atoms with E-state index in [0.29, 0.717) is 0 Å². The first kappa shape index (κ1) is 9.83. The molecule has 0 saturated heterocycles. The Bertz CT molecular complexity index is 433. The summed E-state index contributed by atoms with van der Waals surface area (Å²) in [5.41, 5.74) is 2.43. The van der Waals surface area contributed by atoms with Crippen molar-refractivity contribution in [1.82, 2.24) is 14.3 Å². The van der Waals surface area contributed by atoms with Crippen LogP contribution in [0.25, 0.3) is 0 Å². The maximum Gasteiger partial charge on any atom is 0.127 e. The molecule has 0 aliphatic carbocycles. The zero-order chi connectivity index (χ0) is 10.8. The molecule has 0 radical (unpaired) electrons. The van der Waals surface area contributed by atoms with Crippen molar-refractivity contribution in [2.45, 2.75) is 13.5 Å². The Hall–Kier alpha value is -1.71. The van der Waals surface area contributed by atoms with Crippen LogP contribution in [-0.4, -0.2) is 14.3 Å². The van der Waals surface area contributed by atoms with Gasteiger partial charge < -0.3 is 9.88 Å². The van der Waals surface area contributed by atoms with Gasteiger partial charge in [0.1, 0.15) is 5.82 Å². The van der Waals surface area contributed by atoms with Gasteiger partial charge >= 0.3 is 0 Å². The van der Waals surface area contributed by atoms with Crippen LogP contribution in [-0.2, 0) is 20.6 Å². The van der Waals surface area contributed by atoms with Crippen LogP contribution >= 0.6 is 0 Å². The molecular weight excluding hydrogens is 188 g/mol. The van der Waals surface area contributed by atoms with E-state index >= 15 is 0 Å². The molecule has 80 valence electrons. The van der Waals surface area contributed by atoms with Crippen molar-refractivity contribution in [2.75, 3.05) is 5.32 Å². The lowest BCUT2D eigenvalue weighted by Gasteiger charge is -2.08. The molecule has 4 nitrogen and oxygen atoms in total. The number of hydrogen-bond donors (Lipinski definition) is 1. The third-order valence-corrected chi connectivity index (χ3v) is 2.61. The molecule has 2 heterocycles. The summed E-state index contributed by atoms with van der Waals surface area (Å²) >= 11 is 0. The molecule has 0 unspecified atom stereocenters. The molecule has 0 saturated carbocycles. The van der Waals surface area contributed by atoms with Gasteiger partial charge in [0.25, 0.3) is 0 Å². The van der Waals surface area contributed by atoms with E-state index in [0.717, 1.165) is 12.4 Å². The Labute approximate surface area is 89.5 Å². The third-order valence-electron chi connectivity index (χ3n) is 2.61. The van der Waals surface area contributed by atoms with Crippen molar-refractivity contribution in [1.29, 1.82) is 0 Å². The quantitative estimate of drug-likeness (QED) is 0.825. The average molecular weight is 204 g/mol. The average Bonchev–Trinajstić information content (AvgIpc) is 2.73.